The van der Waals surface area contributed by atoms with Crippen LogP contribution in [0.1, 0.15) is 18.2 Å². The highest BCUT2D eigenvalue weighted by Crippen LogP contribution is 2.19. The van der Waals surface area contributed by atoms with Crippen molar-refractivity contribution in [2.75, 3.05) is 13.1 Å². The molecule has 0 aromatic carbocycles. The number of rotatable bonds is 3. The minimum absolute atomic E-state index is 0.0987. The van der Waals surface area contributed by atoms with Gasteiger partial charge in [-0.2, -0.15) is 0 Å². The molecule has 0 aliphatic carbocycles. The van der Waals surface area contributed by atoms with Gasteiger partial charge in [0.25, 0.3) is 0 Å². The number of hydrogen-bond donors (Lipinski definition) is 1. The molecule has 92 valence electrons. The summed E-state index contributed by atoms with van der Waals surface area (Å²) in [5.41, 5.74) is 5.86. The second kappa shape index (κ2) is 5.47. The van der Waals surface area contributed by atoms with Gasteiger partial charge in [0, 0.05) is 30.1 Å². The van der Waals surface area contributed by atoms with Crippen molar-refractivity contribution in [3.05, 3.63) is 28.5 Å². The highest BCUT2D eigenvalue weighted by atomic mass is 32.1. The van der Waals surface area contributed by atoms with Crippen LogP contribution in [0.2, 0.25) is 0 Å². The largest absolute Gasteiger partial charge is 0.339 e. The van der Waals surface area contributed by atoms with E-state index in [1.807, 2.05) is 35.4 Å². The first-order valence-corrected chi connectivity index (χ1v) is 6.81. The lowest BCUT2D eigenvalue weighted by atomic mass is 10.0. The Morgan fingerprint density at radius 1 is 1.71 bits per heavy atom. The first-order valence-electron chi connectivity index (χ1n) is 5.93. The molecule has 1 aromatic heterocycles. The van der Waals surface area contributed by atoms with Crippen molar-refractivity contribution < 1.29 is 4.79 Å². The van der Waals surface area contributed by atoms with Crippen LogP contribution in [0.25, 0.3) is 6.08 Å². The van der Waals surface area contributed by atoms with Gasteiger partial charge in [-0.3, -0.25) is 4.79 Å². The maximum Gasteiger partial charge on any atom is 0.246 e. The fourth-order valence-corrected chi connectivity index (χ4v) is 2.68. The number of nitrogens with zero attached hydrogens (tertiary/aromatic N) is 1. The van der Waals surface area contributed by atoms with E-state index in [1.54, 1.807) is 17.4 Å². The monoisotopic (exact) mass is 250 g/mol. The average molecular weight is 250 g/mol. The summed E-state index contributed by atoms with van der Waals surface area (Å²) in [5, 5.41) is 2.01. The summed E-state index contributed by atoms with van der Waals surface area (Å²) in [4.78, 5) is 14.9. The molecule has 3 nitrogen and oxygen atoms in total. The predicted molar refractivity (Wildman–Crippen MR) is 71.7 cm³/mol. The predicted octanol–water partition coefficient (Wildman–Crippen LogP) is 1.96. The summed E-state index contributed by atoms with van der Waals surface area (Å²) in [5.74, 6) is 0.552. The smallest absolute Gasteiger partial charge is 0.246 e. The van der Waals surface area contributed by atoms with Crippen molar-refractivity contribution in [1.82, 2.24) is 4.90 Å². The molecular formula is C13H18N2OS. The summed E-state index contributed by atoms with van der Waals surface area (Å²) in [7, 11) is 0. The van der Waals surface area contributed by atoms with E-state index >= 15 is 0 Å². The van der Waals surface area contributed by atoms with Crippen LogP contribution in [0.3, 0.4) is 0 Å². The second-order valence-corrected chi connectivity index (χ2v) is 5.52. The van der Waals surface area contributed by atoms with Crippen molar-refractivity contribution in [3.8, 4) is 0 Å². The maximum atomic E-state index is 11.9. The zero-order valence-electron chi connectivity index (χ0n) is 10.0. The van der Waals surface area contributed by atoms with Gasteiger partial charge in [0.05, 0.1) is 0 Å². The number of thiophene rings is 1. The van der Waals surface area contributed by atoms with Gasteiger partial charge in [0.1, 0.15) is 0 Å². The Balaban J connectivity index is 1.89. The van der Waals surface area contributed by atoms with Crippen molar-refractivity contribution in [3.63, 3.8) is 0 Å². The quantitative estimate of drug-likeness (QED) is 0.834. The van der Waals surface area contributed by atoms with Gasteiger partial charge in [-0.05, 0) is 36.8 Å². The fourth-order valence-electron chi connectivity index (χ4n) is 2.06. The number of carbonyl (C=O) groups excluding carboxylic acids is 1. The molecule has 1 aliphatic heterocycles. The molecule has 1 saturated heterocycles. The first kappa shape index (κ1) is 12.3. The molecule has 4 heteroatoms. The van der Waals surface area contributed by atoms with Crippen LogP contribution in [-0.4, -0.2) is 29.9 Å². The molecule has 2 heterocycles. The van der Waals surface area contributed by atoms with Crippen LogP contribution in [0.4, 0.5) is 0 Å². The van der Waals surface area contributed by atoms with E-state index in [0.29, 0.717) is 5.92 Å². The van der Waals surface area contributed by atoms with Crippen molar-refractivity contribution in [2.45, 2.75) is 19.4 Å². The highest BCUT2D eigenvalue weighted by Gasteiger charge is 2.27. The van der Waals surface area contributed by atoms with E-state index in [9.17, 15) is 4.79 Å². The van der Waals surface area contributed by atoms with E-state index in [-0.39, 0.29) is 11.9 Å². The van der Waals surface area contributed by atoms with Gasteiger partial charge in [-0.15, -0.1) is 11.3 Å². The molecule has 1 aromatic rings. The third kappa shape index (κ3) is 3.17. The molecule has 1 fully saturated rings. The van der Waals surface area contributed by atoms with E-state index < -0.39 is 0 Å². The maximum absolute atomic E-state index is 11.9. The summed E-state index contributed by atoms with van der Waals surface area (Å²) in [6.45, 7) is 3.64. The molecule has 0 spiro atoms. The molecule has 2 atom stereocenters. The van der Waals surface area contributed by atoms with Crippen LogP contribution < -0.4 is 5.73 Å². The molecule has 2 rings (SSSR count). The summed E-state index contributed by atoms with van der Waals surface area (Å²) in [6, 6.07) is 4.16. The number of nitrogens with two attached hydrogens (primary N) is 1. The lowest BCUT2D eigenvalue weighted by Gasteiger charge is -2.16. The molecule has 0 bridgehead atoms. The number of amides is 1. The minimum atomic E-state index is 0.0987. The third-order valence-electron chi connectivity index (χ3n) is 3.21. The summed E-state index contributed by atoms with van der Waals surface area (Å²) in [6.07, 6.45) is 4.57. The molecule has 2 unspecified atom stereocenters. The Morgan fingerprint density at radius 3 is 3.12 bits per heavy atom. The summed E-state index contributed by atoms with van der Waals surface area (Å²) >= 11 is 1.64. The molecule has 0 saturated carbocycles. The van der Waals surface area contributed by atoms with Gasteiger partial charge in [0.15, 0.2) is 0 Å². The van der Waals surface area contributed by atoms with Gasteiger partial charge >= 0.3 is 0 Å². The van der Waals surface area contributed by atoms with Crippen LogP contribution in [0.5, 0.6) is 0 Å². The minimum Gasteiger partial charge on any atom is -0.339 e. The lowest BCUT2D eigenvalue weighted by molar-refractivity contribution is -0.125. The average Bonchev–Trinajstić information content (AvgIpc) is 2.96. The van der Waals surface area contributed by atoms with E-state index in [2.05, 4.69) is 0 Å². The van der Waals surface area contributed by atoms with Crippen LogP contribution in [0.15, 0.2) is 23.6 Å². The molecule has 0 radical (unpaired) electrons. The number of likely N-dealkylation sites (tertiary alicyclic amines) is 1. The standard InChI is InChI=1S/C13H18N2OS/c1-10(14)11-6-7-15(9-11)13(16)5-4-12-3-2-8-17-12/h2-5,8,10-11H,6-7,9,14H2,1H3/b5-4+. The van der Waals surface area contributed by atoms with Gasteiger partial charge in [-0.1, -0.05) is 6.07 Å². The molecular weight excluding hydrogens is 232 g/mol. The molecule has 1 aliphatic rings. The van der Waals surface area contributed by atoms with Crippen LogP contribution in [0, 0.1) is 5.92 Å². The fraction of sp³-hybridized carbons (Fsp3) is 0.462. The highest BCUT2D eigenvalue weighted by molar-refractivity contribution is 7.10. The summed E-state index contributed by atoms with van der Waals surface area (Å²) < 4.78 is 0. The lowest BCUT2D eigenvalue weighted by Crippen LogP contribution is -2.32. The van der Waals surface area contributed by atoms with Crippen molar-refractivity contribution in [1.29, 1.82) is 0 Å². The van der Waals surface area contributed by atoms with Crippen molar-refractivity contribution >= 4 is 23.3 Å². The first-order chi connectivity index (χ1) is 8.16. The zero-order chi connectivity index (χ0) is 12.3. The SMILES string of the molecule is CC(N)C1CCN(C(=O)/C=C/c2cccs2)C1. The van der Waals surface area contributed by atoms with Crippen LogP contribution >= 0.6 is 11.3 Å². The zero-order valence-corrected chi connectivity index (χ0v) is 10.8. The Bertz CT molecular complexity index is 398. The Labute approximate surface area is 106 Å². The van der Waals surface area contributed by atoms with E-state index in [1.165, 1.54) is 0 Å². The normalized spacial score (nSPS) is 22.2. The third-order valence-corrected chi connectivity index (χ3v) is 4.05. The van der Waals surface area contributed by atoms with Crippen LogP contribution in [-0.2, 0) is 4.79 Å². The second-order valence-electron chi connectivity index (χ2n) is 4.54. The molecule has 2 N–H and O–H groups in total. The number of carbonyl (C=O) groups is 1. The Hall–Kier alpha value is -1.13. The Morgan fingerprint density at radius 2 is 2.53 bits per heavy atom. The van der Waals surface area contributed by atoms with Gasteiger partial charge in [0.2, 0.25) is 5.91 Å². The van der Waals surface area contributed by atoms with E-state index in [4.69, 9.17) is 5.73 Å². The number of hydrogen-bond acceptors (Lipinski definition) is 3. The van der Waals surface area contributed by atoms with E-state index in [0.717, 1.165) is 24.4 Å². The molecule has 17 heavy (non-hydrogen) atoms. The van der Waals surface area contributed by atoms with Gasteiger partial charge < -0.3 is 10.6 Å². The molecule has 1 amide bonds. The van der Waals surface area contributed by atoms with Gasteiger partial charge in [-0.25, -0.2) is 0 Å². The Kier molecular flexibility index (Phi) is 3.97. The topological polar surface area (TPSA) is 46.3 Å². The van der Waals surface area contributed by atoms with Crippen molar-refractivity contribution in [2.24, 2.45) is 11.7 Å².